The summed E-state index contributed by atoms with van der Waals surface area (Å²) >= 11 is 5.19. The van der Waals surface area contributed by atoms with Gasteiger partial charge in [-0.15, -0.1) is 11.3 Å². The number of aryl methyl sites for hydroxylation is 1. The predicted octanol–water partition coefficient (Wildman–Crippen LogP) is 5.39. The number of anilines is 1. The van der Waals surface area contributed by atoms with Gasteiger partial charge in [0.05, 0.1) is 6.04 Å². The Bertz CT molecular complexity index is 538. The second-order valence-corrected chi connectivity index (χ2v) is 6.20. The molecule has 0 saturated heterocycles. The number of halogens is 2. The molecular formula is C14H15BrFNS. The zero-order valence-electron chi connectivity index (χ0n) is 10.3. The first-order valence-corrected chi connectivity index (χ1v) is 7.51. The topological polar surface area (TPSA) is 12.0 Å². The van der Waals surface area contributed by atoms with E-state index in [4.69, 9.17) is 0 Å². The van der Waals surface area contributed by atoms with Gasteiger partial charge in [-0.3, -0.25) is 0 Å². The molecule has 18 heavy (non-hydrogen) atoms. The van der Waals surface area contributed by atoms with Gasteiger partial charge >= 0.3 is 0 Å². The van der Waals surface area contributed by atoms with Crippen molar-refractivity contribution < 1.29 is 4.39 Å². The molecule has 2 aromatic rings. The number of hydrogen-bond donors (Lipinski definition) is 1. The van der Waals surface area contributed by atoms with Crippen molar-refractivity contribution in [1.82, 2.24) is 0 Å². The van der Waals surface area contributed by atoms with Crippen molar-refractivity contribution in [3.8, 4) is 0 Å². The molecule has 96 valence electrons. The second-order valence-electron chi connectivity index (χ2n) is 4.15. The van der Waals surface area contributed by atoms with E-state index in [0.717, 1.165) is 16.6 Å². The van der Waals surface area contributed by atoms with Crippen molar-refractivity contribution in [3.05, 3.63) is 50.4 Å². The molecular weight excluding hydrogens is 313 g/mol. The zero-order valence-corrected chi connectivity index (χ0v) is 12.7. The van der Waals surface area contributed by atoms with E-state index in [1.807, 2.05) is 11.3 Å². The lowest BCUT2D eigenvalue weighted by atomic mass is 10.2. The molecule has 1 nitrogen and oxygen atoms in total. The first-order chi connectivity index (χ1) is 8.60. The molecule has 1 atom stereocenters. The van der Waals surface area contributed by atoms with Gasteiger partial charge < -0.3 is 5.32 Å². The first-order valence-electron chi connectivity index (χ1n) is 5.90. The quantitative estimate of drug-likeness (QED) is 0.794. The van der Waals surface area contributed by atoms with Crippen LogP contribution in [0.2, 0.25) is 0 Å². The van der Waals surface area contributed by atoms with E-state index in [1.54, 1.807) is 6.07 Å². The molecule has 0 fully saturated rings. The van der Waals surface area contributed by atoms with E-state index in [0.29, 0.717) is 0 Å². The summed E-state index contributed by atoms with van der Waals surface area (Å²) in [6, 6.07) is 9.23. The van der Waals surface area contributed by atoms with Crippen molar-refractivity contribution in [2.75, 3.05) is 5.32 Å². The Morgan fingerprint density at radius 1 is 1.33 bits per heavy atom. The maximum Gasteiger partial charge on any atom is 0.124 e. The average Bonchev–Trinajstić information content (AvgIpc) is 2.81. The van der Waals surface area contributed by atoms with Gasteiger partial charge in [0.2, 0.25) is 0 Å². The Hall–Kier alpha value is -0.870. The maximum absolute atomic E-state index is 13.0. The number of rotatable bonds is 4. The van der Waals surface area contributed by atoms with Gasteiger partial charge in [-0.05, 0) is 59.6 Å². The molecule has 0 aliphatic carbocycles. The Labute approximate surface area is 119 Å². The van der Waals surface area contributed by atoms with Crippen molar-refractivity contribution in [2.45, 2.75) is 26.3 Å². The summed E-state index contributed by atoms with van der Waals surface area (Å²) in [6.45, 7) is 4.27. The Morgan fingerprint density at radius 2 is 2.11 bits per heavy atom. The van der Waals surface area contributed by atoms with Gasteiger partial charge in [-0.2, -0.15) is 0 Å². The Kier molecular flexibility index (Phi) is 4.40. The molecule has 0 bridgehead atoms. The van der Waals surface area contributed by atoms with Crippen LogP contribution in [-0.4, -0.2) is 0 Å². The molecule has 0 amide bonds. The van der Waals surface area contributed by atoms with Crippen LogP contribution in [0.15, 0.2) is 34.8 Å². The summed E-state index contributed by atoms with van der Waals surface area (Å²) in [5, 5.41) is 3.39. The minimum absolute atomic E-state index is 0.220. The van der Waals surface area contributed by atoms with E-state index in [1.165, 1.54) is 21.9 Å². The first kappa shape index (κ1) is 13.6. The predicted molar refractivity (Wildman–Crippen MR) is 79.8 cm³/mol. The molecule has 1 aromatic heterocycles. The summed E-state index contributed by atoms with van der Waals surface area (Å²) in [5.41, 5.74) is 0.912. The molecule has 0 aliphatic heterocycles. The lowest BCUT2D eigenvalue weighted by Gasteiger charge is -2.15. The van der Waals surface area contributed by atoms with Gasteiger partial charge in [0.15, 0.2) is 0 Å². The van der Waals surface area contributed by atoms with E-state index in [9.17, 15) is 4.39 Å². The van der Waals surface area contributed by atoms with Crippen LogP contribution in [0.3, 0.4) is 0 Å². The van der Waals surface area contributed by atoms with Crippen LogP contribution in [0.25, 0.3) is 0 Å². The minimum Gasteiger partial charge on any atom is -0.377 e. The smallest absolute Gasteiger partial charge is 0.124 e. The van der Waals surface area contributed by atoms with Crippen LogP contribution in [0.1, 0.15) is 29.6 Å². The van der Waals surface area contributed by atoms with E-state index >= 15 is 0 Å². The number of benzene rings is 1. The van der Waals surface area contributed by atoms with E-state index < -0.39 is 0 Å². The molecule has 0 saturated carbocycles. The Balaban J connectivity index is 2.13. The summed E-state index contributed by atoms with van der Waals surface area (Å²) in [5.74, 6) is -0.232. The number of thiophene rings is 1. The van der Waals surface area contributed by atoms with Crippen molar-refractivity contribution in [1.29, 1.82) is 0 Å². The van der Waals surface area contributed by atoms with Gasteiger partial charge in [-0.25, -0.2) is 4.39 Å². The largest absolute Gasteiger partial charge is 0.377 e. The maximum atomic E-state index is 13.0. The second kappa shape index (κ2) is 5.85. The molecule has 1 heterocycles. The monoisotopic (exact) mass is 327 g/mol. The highest BCUT2D eigenvalue weighted by molar-refractivity contribution is 9.10. The molecule has 0 spiro atoms. The van der Waals surface area contributed by atoms with Gasteiger partial charge in [0, 0.05) is 19.9 Å². The normalized spacial score (nSPS) is 12.4. The fraction of sp³-hybridized carbons (Fsp3) is 0.286. The fourth-order valence-corrected chi connectivity index (χ4v) is 3.15. The molecule has 1 unspecified atom stereocenters. The summed E-state index contributed by atoms with van der Waals surface area (Å²) in [4.78, 5) is 2.68. The van der Waals surface area contributed by atoms with Crippen LogP contribution >= 0.6 is 27.3 Å². The van der Waals surface area contributed by atoms with Crippen molar-refractivity contribution >= 4 is 33.0 Å². The third kappa shape index (κ3) is 3.12. The van der Waals surface area contributed by atoms with Crippen molar-refractivity contribution in [2.24, 2.45) is 0 Å². The van der Waals surface area contributed by atoms with E-state index in [2.05, 4.69) is 47.2 Å². The molecule has 0 aliphatic rings. The van der Waals surface area contributed by atoms with Gasteiger partial charge in [0.25, 0.3) is 0 Å². The average molecular weight is 328 g/mol. The minimum atomic E-state index is -0.232. The molecule has 4 heteroatoms. The highest BCUT2D eigenvalue weighted by atomic mass is 79.9. The summed E-state index contributed by atoms with van der Waals surface area (Å²) < 4.78 is 13.8. The molecule has 1 N–H and O–H groups in total. The van der Waals surface area contributed by atoms with Crippen LogP contribution in [0, 0.1) is 5.82 Å². The number of nitrogens with one attached hydrogen (secondary N) is 1. The molecule has 2 rings (SSSR count). The third-order valence-electron chi connectivity index (χ3n) is 2.76. The lowest BCUT2D eigenvalue weighted by molar-refractivity contribution is 0.627. The molecule has 0 radical (unpaired) electrons. The SMILES string of the molecule is CCc1ccc(C(C)Nc2ccc(F)cc2Br)s1. The van der Waals surface area contributed by atoms with Gasteiger partial charge in [0.1, 0.15) is 5.82 Å². The molecule has 1 aromatic carbocycles. The van der Waals surface area contributed by atoms with Gasteiger partial charge in [-0.1, -0.05) is 6.92 Å². The number of hydrogen-bond acceptors (Lipinski definition) is 2. The highest BCUT2D eigenvalue weighted by Gasteiger charge is 2.10. The third-order valence-corrected chi connectivity index (χ3v) is 4.83. The standard InChI is InChI=1S/C14H15BrFNS/c1-3-11-5-7-14(18-11)9(2)17-13-6-4-10(16)8-12(13)15/h4-9,17H,3H2,1-2H3. The van der Waals surface area contributed by atoms with Crippen LogP contribution < -0.4 is 5.32 Å². The Morgan fingerprint density at radius 3 is 2.72 bits per heavy atom. The lowest BCUT2D eigenvalue weighted by Crippen LogP contribution is -2.05. The van der Waals surface area contributed by atoms with Crippen LogP contribution in [0.5, 0.6) is 0 Å². The fourth-order valence-electron chi connectivity index (χ4n) is 1.73. The highest BCUT2D eigenvalue weighted by Crippen LogP contribution is 2.30. The van der Waals surface area contributed by atoms with Crippen molar-refractivity contribution in [3.63, 3.8) is 0 Å². The van der Waals surface area contributed by atoms with Crippen LogP contribution in [-0.2, 0) is 6.42 Å². The summed E-state index contributed by atoms with van der Waals surface area (Å²) in [7, 11) is 0. The van der Waals surface area contributed by atoms with E-state index in [-0.39, 0.29) is 11.9 Å². The van der Waals surface area contributed by atoms with Crippen LogP contribution in [0.4, 0.5) is 10.1 Å². The summed E-state index contributed by atoms with van der Waals surface area (Å²) in [6.07, 6.45) is 1.07. The zero-order chi connectivity index (χ0) is 13.1.